The normalized spacial score (nSPS) is 10.6. The standard InChI is InChI=1S/C24H31BrN2O3S/c1-4-5-6-7-14-29-20-11-9-19(10-12-20)26-24(31)27-23(28)21-15-18(25)8-13-22(21)30-16-17(2)3/h8-13,15,17H,4-7,14,16H2,1-3H3,(H2,26,27,28,31). The fraction of sp³-hybridized carbons (Fsp3) is 0.417. The number of nitrogens with one attached hydrogen (secondary N) is 2. The summed E-state index contributed by atoms with van der Waals surface area (Å²) in [7, 11) is 0. The fourth-order valence-electron chi connectivity index (χ4n) is 2.75. The SMILES string of the molecule is CCCCCCOc1ccc(NC(=S)NC(=O)c2cc(Br)ccc2OCC(C)C)cc1. The maximum Gasteiger partial charge on any atom is 0.261 e. The summed E-state index contributed by atoms with van der Waals surface area (Å²) in [5.41, 5.74) is 1.19. The second-order valence-corrected chi connectivity index (χ2v) is 9.01. The first kappa shape index (κ1) is 25.1. The number of benzene rings is 2. The first-order valence-electron chi connectivity index (χ1n) is 10.7. The van der Waals surface area contributed by atoms with Crippen LogP contribution in [0.1, 0.15) is 56.8 Å². The van der Waals surface area contributed by atoms with E-state index in [-0.39, 0.29) is 11.0 Å². The minimum atomic E-state index is -0.329. The van der Waals surface area contributed by atoms with Crippen LogP contribution in [0, 0.1) is 5.92 Å². The van der Waals surface area contributed by atoms with Crippen molar-refractivity contribution in [1.82, 2.24) is 5.32 Å². The van der Waals surface area contributed by atoms with Gasteiger partial charge in [0.2, 0.25) is 0 Å². The number of carbonyl (C=O) groups is 1. The van der Waals surface area contributed by atoms with Gasteiger partial charge in [0.1, 0.15) is 11.5 Å². The van der Waals surface area contributed by atoms with Crippen molar-refractivity contribution in [2.75, 3.05) is 18.5 Å². The number of hydrogen-bond acceptors (Lipinski definition) is 4. The van der Waals surface area contributed by atoms with Crippen molar-refractivity contribution in [2.45, 2.75) is 46.5 Å². The largest absolute Gasteiger partial charge is 0.494 e. The average molecular weight is 507 g/mol. The molecule has 31 heavy (non-hydrogen) atoms. The molecule has 0 radical (unpaired) electrons. The molecule has 2 rings (SSSR count). The zero-order valence-electron chi connectivity index (χ0n) is 18.4. The van der Waals surface area contributed by atoms with Gasteiger partial charge in [-0.2, -0.15) is 0 Å². The molecule has 0 saturated carbocycles. The van der Waals surface area contributed by atoms with Crippen LogP contribution in [0.5, 0.6) is 11.5 Å². The Labute approximate surface area is 199 Å². The fourth-order valence-corrected chi connectivity index (χ4v) is 3.32. The number of halogens is 1. The Hall–Kier alpha value is -2.12. The van der Waals surface area contributed by atoms with E-state index in [9.17, 15) is 4.79 Å². The first-order valence-corrected chi connectivity index (χ1v) is 11.9. The summed E-state index contributed by atoms with van der Waals surface area (Å²) in [6, 6.07) is 12.9. The zero-order chi connectivity index (χ0) is 22.6. The third-order valence-corrected chi connectivity index (χ3v) is 5.06. The molecule has 5 nitrogen and oxygen atoms in total. The Morgan fingerprint density at radius 1 is 1.06 bits per heavy atom. The molecule has 2 N–H and O–H groups in total. The van der Waals surface area contributed by atoms with Gasteiger partial charge in [0.15, 0.2) is 5.11 Å². The molecule has 0 aliphatic rings. The summed E-state index contributed by atoms with van der Waals surface area (Å²) in [6.45, 7) is 7.55. The van der Waals surface area contributed by atoms with E-state index in [0.29, 0.717) is 23.8 Å². The summed E-state index contributed by atoms with van der Waals surface area (Å²) in [5, 5.41) is 5.96. The number of carbonyl (C=O) groups excluding carboxylic acids is 1. The molecule has 0 unspecified atom stereocenters. The van der Waals surface area contributed by atoms with Crippen LogP contribution >= 0.6 is 28.1 Å². The van der Waals surface area contributed by atoms with Crippen LogP contribution in [0.3, 0.4) is 0 Å². The van der Waals surface area contributed by atoms with Crippen LogP contribution in [-0.4, -0.2) is 24.2 Å². The van der Waals surface area contributed by atoms with Gasteiger partial charge in [-0.15, -0.1) is 0 Å². The molecule has 1 amide bonds. The van der Waals surface area contributed by atoms with E-state index in [4.69, 9.17) is 21.7 Å². The van der Waals surface area contributed by atoms with Crippen LogP contribution in [0.15, 0.2) is 46.9 Å². The summed E-state index contributed by atoms with van der Waals surface area (Å²) >= 11 is 8.72. The van der Waals surface area contributed by atoms with E-state index in [1.165, 1.54) is 19.3 Å². The van der Waals surface area contributed by atoms with Gasteiger partial charge >= 0.3 is 0 Å². The van der Waals surface area contributed by atoms with E-state index in [1.54, 1.807) is 12.1 Å². The lowest BCUT2D eigenvalue weighted by Gasteiger charge is -2.15. The Bertz CT molecular complexity index is 856. The molecule has 2 aromatic carbocycles. The number of rotatable bonds is 11. The predicted molar refractivity (Wildman–Crippen MR) is 134 cm³/mol. The second kappa shape index (κ2) is 13.3. The van der Waals surface area contributed by atoms with Crippen molar-refractivity contribution in [3.05, 3.63) is 52.5 Å². The smallest absolute Gasteiger partial charge is 0.261 e. The van der Waals surface area contributed by atoms with Crippen molar-refractivity contribution >= 4 is 44.9 Å². The highest BCUT2D eigenvalue weighted by Gasteiger charge is 2.15. The van der Waals surface area contributed by atoms with Gasteiger partial charge in [0.25, 0.3) is 5.91 Å². The molecule has 0 atom stereocenters. The van der Waals surface area contributed by atoms with Crippen molar-refractivity contribution in [1.29, 1.82) is 0 Å². The molecule has 0 fully saturated rings. The Balaban J connectivity index is 1.89. The molecule has 0 aliphatic heterocycles. The van der Waals surface area contributed by atoms with E-state index in [0.717, 1.165) is 28.9 Å². The number of anilines is 1. The molecule has 2 aromatic rings. The van der Waals surface area contributed by atoms with Gasteiger partial charge < -0.3 is 14.8 Å². The highest BCUT2D eigenvalue weighted by molar-refractivity contribution is 9.10. The van der Waals surface area contributed by atoms with Gasteiger partial charge in [-0.05, 0) is 67.0 Å². The molecular weight excluding hydrogens is 476 g/mol. The van der Waals surface area contributed by atoms with Gasteiger partial charge in [-0.3, -0.25) is 10.1 Å². The van der Waals surface area contributed by atoms with Crippen molar-refractivity contribution in [3.8, 4) is 11.5 Å². The first-order chi connectivity index (χ1) is 14.9. The maximum absolute atomic E-state index is 12.8. The number of hydrogen-bond donors (Lipinski definition) is 2. The predicted octanol–water partition coefficient (Wildman–Crippen LogP) is 6.57. The highest BCUT2D eigenvalue weighted by atomic mass is 79.9. The number of unbranched alkanes of at least 4 members (excludes halogenated alkanes) is 3. The van der Waals surface area contributed by atoms with Crippen LogP contribution < -0.4 is 20.1 Å². The van der Waals surface area contributed by atoms with E-state index in [2.05, 4.69) is 47.3 Å². The maximum atomic E-state index is 12.8. The topological polar surface area (TPSA) is 59.6 Å². The van der Waals surface area contributed by atoms with Crippen LogP contribution in [0.25, 0.3) is 0 Å². The molecule has 0 saturated heterocycles. The third-order valence-electron chi connectivity index (χ3n) is 4.36. The molecule has 0 bridgehead atoms. The van der Waals surface area contributed by atoms with E-state index in [1.807, 2.05) is 30.3 Å². The minimum absolute atomic E-state index is 0.216. The zero-order valence-corrected chi connectivity index (χ0v) is 20.8. The van der Waals surface area contributed by atoms with Gasteiger partial charge in [0.05, 0.1) is 18.8 Å². The monoisotopic (exact) mass is 506 g/mol. The average Bonchev–Trinajstić information content (AvgIpc) is 2.73. The van der Waals surface area contributed by atoms with Crippen molar-refractivity contribution in [3.63, 3.8) is 0 Å². The lowest BCUT2D eigenvalue weighted by Crippen LogP contribution is -2.34. The second-order valence-electron chi connectivity index (χ2n) is 7.69. The molecular formula is C24H31BrN2O3S. The highest BCUT2D eigenvalue weighted by Crippen LogP contribution is 2.24. The summed E-state index contributed by atoms with van der Waals surface area (Å²) in [5.74, 6) is 1.37. The molecule has 168 valence electrons. The summed E-state index contributed by atoms with van der Waals surface area (Å²) < 4.78 is 12.3. The Morgan fingerprint density at radius 3 is 2.48 bits per heavy atom. The lowest BCUT2D eigenvalue weighted by atomic mass is 10.2. The molecule has 0 heterocycles. The molecule has 0 aromatic heterocycles. The Morgan fingerprint density at radius 2 is 1.81 bits per heavy atom. The molecule has 0 spiro atoms. The summed E-state index contributed by atoms with van der Waals surface area (Å²) in [6.07, 6.45) is 4.69. The van der Waals surface area contributed by atoms with Crippen molar-refractivity contribution in [2.24, 2.45) is 5.92 Å². The summed E-state index contributed by atoms with van der Waals surface area (Å²) in [4.78, 5) is 12.8. The molecule has 7 heteroatoms. The third kappa shape index (κ3) is 9.27. The number of ether oxygens (including phenoxy) is 2. The van der Waals surface area contributed by atoms with Gasteiger partial charge in [0, 0.05) is 10.2 Å². The minimum Gasteiger partial charge on any atom is -0.494 e. The number of thiocarbonyl (C=S) groups is 1. The lowest BCUT2D eigenvalue weighted by molar-refractivity contribution is 0.0973. The van der Waals surface area contributed by atoms with Crippen molar-refractivity contribution < 1.29 is 14.3 Å². The quantitative estimate of drug-likeness (QED) is 0.266. The van der Waals surface area contributed by atoms with Crippen LogP contribution in [0.2, 0.25) is 0 Å². The van der Waals surface area contributed by atoms with Crippen LogP contribution in [-0.2, 0) is 0 Å². The van der Waals surface area contributed by atoms with Gasteiger partial charge in [-0.1, -0.05) is 56.0 Å². The van der Waals surface area contributed by atoms with E-state index < -0.39 is 0 Å². The number of amides is 1. The van der Waals surface area contributed by atoms with E-state index >= 15 is 0 Å². The Kier molecular flexibility index (Phi) is 10.8. The molecule has 0 aliphatic carbocycles. The van der Waals surface area contributed by atoms with Crippen LogP contribution in [0.4, 0.5) is 5.69 Å². The van der Waals surface area contributed by atoms with Gasteiger partial charge in [-0.25, -0.2) is 0 Å².